The molecule has 6 heteroatoms. The molecule has 0 spiro atoms. The molecule has 4 nitrogen and oxygen atoms in total. The van der Waals surface area contributed by atoms with Crippen molar-refractivity contribution in [1.82, 2.24) is 5.32 Å². The van der Waals surface area contributed by atoms with Crippen LogP contribution in [0, 0.1) is 5.92 Å². The van der Waals surface area contributed by atoms with Crippen molar-refractivity contribution in [1.29, 1.82) is 0 Å². The van der Waals surface area contributed by atoms with Crippen molar-refractivity contribution in [3.8, 4) is 0 Å². The molecule has 1 amide bonds. The number of carbonyl (C=O) groups excluding carboxylic acids is 1. The first kappa shape index (κ1) is 16.2. The predicted molar refractivity (Wildman–Crippen MR) is 79.5 cm³/mol. The number of thiophene rings is 1. The first-order valence-electron chi connectivity index (χ1n) is 6.15. The number of rotatable bonds is 6. The van der Waals surface area contributed by atoms with E-state index in [4.69, 9.17) is 5.11 Å². The van der Waals surface area contributed by atoms with E-state index in [1.165, 1.54) is 11.3 Å². The zero-order valence-electron chi connectivity index (χ0n) is 11.1. The van der Waals surface area contributed by atoms with Gasteiger partial charge >= 0.3 is 5.97 Å². The monoisotopic (exact) mass is 347 g/mol. The van der Waals surface area contributed by atoms with Crippen LogP contribution >= 0.6 is 27.3 Å². The Morgan fingerprint density at radius 2 is 2.05 bits per heavy atom. The lowest BCUT2D eigenvalue weighted by Gasteiger charge is -2.21. The maximum Gasteiger partial charge on any atom is 0.326 e. The van der Waals surface area contributed by atoms with Crippen LogP contribution in [0.3, 0.4) is 0 Å². The van der Waals surface area contributed by atoms with E-state index < -0.39 is 12.0 Å². The molecule has 0 aliphatic carbocycles. The third-order valence-corrected chi connectivity index (χ3v) is 5.00. The van der Waals surface area contributed by atoms with Gasteiger partial charge in [0, 0.05) is 4.88 Å². The lowest BCUT2D eigenvalue weighted by Crippen LogP contribution is -2.46. The van der Waals surface area contributed by atoms with Crippen molar-refractivity contribution < 1.29 is 14.7 Å². The van der Waals surface area contributed by atoms with Crippen molar-refractivity contribution in [3.63, 3.8) is 0 Å². The fraction of sp³-hybridized carbons (Fsp3) is 0.538. The quantitative estimate of drug-likeness (QED) is 0.830. The second-order valence-corrected chi connectivity index (χ2v) is 7.07. The van der Waals surface area contributed by atoms with Crippen molar-refractivity contribution in [2.24, 2.45) is 5.92 Å². The highest BCUT2D eigenvalue weighted by molar-refractivity contribution is 9.11. The summed E-state index contributed by atoms with van der Waals surface area (Å²) in [7, 11) is 0. The Kier molecular flexibility index (Phi) is 6.00. The first-order valence-corrected chi connectivity index (χ1v) is 7.76. The Morgan fingerprint density at radius 3 is 2.47 bits per heavy atom. The Labute approximate surface area is 125 Å². The number of hydrogen-bond acceptors (Lipinski definition) is 3. The van der Waals surface area contributed by atoms with Gasteiger partial charge in [0.1, 0.15) is 6.04 Å². The van der Waals surface area contributed by atoms with Gasteiger partial charge in [-0.2, -0.15) is 0 Å². The number of carboxylic acid groups (broad SMARTS) is 1. The van der Waals surface area contributed by atoms with Crippen molar-refractivity contribution in [3.05, 3.63) is 20.8 Å². The molecule has 0 radical (unpaired) electrons. The van der Waals surface area contributed by atoms with Gasteiger partial charge in [-0.25, -0.2) is 4.79 Å². The first-order chi connectivity index (χ1) is 8.86. The second kappa shape index (κ2) is 7.05. The molecule has 1 heterocycles. The summed E-state index contributed by atoms with van der Waals surface area (Å²) in [5.74, 6) is -1.67. The smallest absolute Gasteiger partial charge is 0.326 e. The molecule has 3 atom stereocenters. The lowest BCUT2D eigenvalue weighted by molar-refractivity contribution is -0.143. The molecular weight excluding hydrogens is 330 g/mol. The number of hydrogen-bond donors (Lipinski definition) is 2. The zero-order chi connectivity index (χ0) is 14.6. The number of amides is 1. The van der Waals surface area contributed by atoms with Crippen LogP contribution in [0.2, 0.25) is 0 Å². The molecule has 0 aromatic carbocycles. The van der Waals surface area contributed by atoms with Crippen LogP contribution in [-0.2, 0) is 9.59 Å². The van der Waals surface area contributed by atoms with Gasteiger partial charge in [-0.15, -0.1) is 11.3 Å². The van der Waals surface area contributed by atoms with Gasteiger partial charge < -0.3 is 10.4 Å². The van der Waals surface area contributed by atoms with Gasteiger partial charge in [-0.1, -0.05) is 20.3 Å². The summed E-state index contributed by atoms with van der Waals surface area (Å²) in [5, 5.41) is 11.8. The van der Waals surface area contributed by atoms with Crippen molar-refractivity contribution in [2.45, 2.75) is 39.2 Å². The van der Waals surface area contributed by atoms with E-state index in [2.05, 4.69) is 21.2 Å². The van der Waals surface area contributed by atoms with Crippen molar-refractivity contribution in [2.75, 3.05) is 0 Å². The fourth-order valence-corrected chi connectivity index (χ4v) is 3.13. The third-order valence-electron chi connectivity index (χ3n) is 3.19. The summed E-state index contributed by atoms with van der Waals surface area (Å²) < 4.78 is 0.957. The molecule has 1 aromatic rings. The Bertz CT molecular complexity index is 460. The van der Waals surface area contributed by atoms with Crippen LogP contribution in [0.1, 0.15) is 38.0 Å². The van der Waals surface area contributed by atoms with Crippen LogP contribution in [0.4, 0.5) is 0 Å². The van der Waals surface area contributed by atoms with Gasteiger partial charge in [0.15, 0.2) is 0 Å². The van der Waals surface area contributed by atoms with Gasteiger partial charge in [0.2, 0.25) is 5.91 Å². The Morgan fingerprint density at radius 1 is 1.42 bits per heavy atom. The number of carbonyl (C=O) groups is 2. The van der Waals surface area contributed by atoms with Crippen LogP contribution in [0.15, 0.2) is 15.9 Å². The third kappa shape index (κ3) is 4.31. The summed E-state index contributed by atoms with van der Waals surface area (Å²) in [6, 6.07) is 2.92. The summed E-state index contributed by atoms with van der Waals surface area (Å²) in [4.78, 5) is 24.2. The van der Waals surface area contributed by atoms with Crippen LogP contribution < -0.4 is 5.32 Å². The minimum absolute atomic E-state index is 0.0938. The molecule has 0 fully saturated rings. The molecule has 1 aromatic heterocycles. The molecule has 0 aliphatic heterocycles. The predicted octanol–water partition coefficient (Wildman–Crippen LogP) is 3.23. The normalized spacial score (nSPS) is 15.6. The topological polar surface area (TPSA) is 66.4 Å². The van der Waals surface area contributed by atoms with E-state index in [0.717, 1.165) is 8.66 Å². The summed E-state index contributed by atoms with van der Waals surface area (Å²) in [6.45, 7) is 5.52. The van der Waals surface area contributed by atoms with E-state index in [1.54, 1.807) is 6.92 Å². The minimum atomic E-state index is -0.984. The molecule has 0 aliphatic rings. The summed E-state index contributed by atoms with van der Waals surface area (Å²) >= 11 is 4.83. The van der Waals surface area contributed by atoms with Gasteiger partial charge in [0.25, 0.3) is 0 Å². The average Bonchev–Trinajstić information content (AvgIpc) is 2.80. The van der Waals surface area contributed by atoms with E-state index in [-0.39, 0.29) is 17.7 Å². The molecule has 1 rings (SSSR count). The van der Waals surface area contributed by atoms with E-state index in [9.17, 15) is 9.59 Å². The molecular formula is C13H18BrNO3S. The summed E-state index contributed by atoms with van der Waals surface area (Å²) in [5.41, 5.74) is 0. The molecule has 2 N–H and O–H groups in total. The number of aliphatic carboxylic acids is 1. The molecule has 0 bridgehead atoms. The Hall–Kier alpha value is -0.880. The Balaban J connectivity index is 2.74. The van der Waals surface area contributed by atoms with E-state index >= 15 is 0 Å². The van der Waals surface area contributed by atoms with Crippen LogP contribution in [0.5, 0.6) is 0 Å². The van der Waals surface area contributed by atoms with Gasteiger partial charge in [0.05, 0.1) is 9.70 Å². The zero-order valence-corrected chi connectivity index (χ0v) is 13.5. The molecule has 19 heavy (non-hydrogen) atoms. The number of carboxylic acids is 1. The van der Waals surface area contributed by atoms with Crippen LogP contribution in [-0.4, -0.2) is 23.0 Å². The van der Waals surface area contributed by atoms with Crippen LogP contribution in [0.25, 0.3) is 0 Å². The largest absolute Gasteiger partial charge is 0.480 e. The van der Waals surface area contributed by atoms with Gasteiger partial charge in [-0.05, 0) is 40.9 Å². The fourth-order valence-electron chi connectivity index (χ4n) is 1.65. The highest BCUT2D eigenvalue weighted by Gasteiger charge is 2.28. The number of halogens is 1. The maximum absolute atomic E-state index is 12.1. The summed E-state index contributed by atoms with van der Waals surface area (Å²) in [6.07, 6.45) is 0.705. The van der Waals surface area contributed by atoms with E-state index in [0.29, 0.717) is 6.42 Å². The highest BCUT2D eigenvalue weighted by atomic mass is 79.9. The second-order valence-electron chi connectivity index (χ2n) is 4.57. The molecule has 106 valence electrons. The standard InChI is InChI=1S/C13H18BrNO3S/c1-4-7(2)11(13(17)18)15-12(16)8(3)9-5-6-10(14)19-9/h5-8,11H,4H2,1-3H3,(H,15,16)(H,17,18). The molecule has 0 saturated heterocycles. The molecule has 0 saturated carbocycles. The number of nitrogens with one attached hydrogen (secondary N) is 1. The highest BCUT2D eigenvalue weighted by Crippen LogP contribution is 2.28. The lowest BCUT2D eigenvalue weighted by atomic mass is 9.98. The minimum Gasteiger partial charge on any atom is -0.480 e. The SMILES string of the molecule is CCC(C)C(NC(=O)C(C)c1ccc(Br)s1)C(=O)O. The van der Waals surface area contributed by atoms with E-state index in [1.807, 2.05) is 26.0 Å². The van der Waals surface area contributed by atoms with Crippen molar-refractivity contribution >= 4 is 39.1 Å². The van der Waals surface area contributed by atoms with Gasteiger partial charge in [-0.3, -0.25) is 4.79 Å². The average molecular weight is 348 g/mol. The molecule has 3 unspecified atom stereocenters. The maximum atomic E-state index is 12.1.